The number of thiazole rings is 1. The van der Waals surface area contributed by atoms with Crippen LogP contribution in [-0.2, 0) is 4.79 Å². The van der Waals surface area contributed by atoms with Gasteiger partial charge in [-0.25, -0.2) is 4.98 Å². The maximum absolute atomic E-state index is 10.3. The molecular formula is C6H6NO2S-. The first-order valence-electron chi connectivity index (χ1n) is 2.82. The Labute approximate surface area is 62.3 Å². The van der Waals surface area contributed by atoms with Crippen molar-refractivity contribution in [2.24, 2.45) is 0 Å². The minimum atomic E-state index is -1.07. The van der Waals surface area contributed by atoms with E-state index in [2.05, 4.69) is 4.98 Å². The topological polar surface area (TPSA) is 53.0 Å². The highest BCUT2D eigenvalue weighted by molar-refractivity contribution is 7.09. The van der Waals surface area contributed by atoms with E-state index < -0.39 is 11.9 Å². The van der Waals surface area contributed by atoms with Gasteiger partial charge in [0.05, 0.1) is 5.97 Å². The van der Waals surface area contributed by atoms with E-state index in [-0.39, 0.29) is 0 Å². The van der Waals surface area contributed by atoms with Gasteiger partial charge in [-0.1, -0.05) is 6.92 Å². The van der Waals surface area contributed by atoms with Crippen molar-refractivity contribution in [2.45, 2.75) is 12.8 Å². The highest BCUT2D eigenvalue weighted by atomic mass is 32.1. The zero-order chi connectivity index (χ0) is 7.56. The molecule has 0 aliphatic heterocycles. The molecule has 1 unspecified atom stereocenters. The first-order chi connectivity index (χ1) is 4.72. The van der Waals surface area contributed by atoms with Crippen molar-refractivity contribution in [3.05, 3.63) is 16.6 Å². The van der Waals surface area contributed by atoms with Crippen LogP contribution >= 0.6 is 11.3 Å². The van der Waals surface area contributed by atoms with Crippen molar-refractivity contribution in [1.82, 2.24) is 4.98 Å². The SMILES string of the molecule is CC(C(=O)[O-])c1nccs1. The second-order valence-electron chi connectivity index (χ2n) is 1.91. The number of rotatable bonds is 2. The molecule has 1 aromatic heterocycles. The highest BCUT2D eigenvalue weighted by Crippen LogP contribution is 2.15. The molecule has 1 rings (SSSR count). The summed E-state index contributed by atoms with van der Waals surface area (Å²) in [5.41, 5.74) is 0. The van der Waals surface area contributed by atoms with Gasteiger partial charge in [0.1, 0.15) is 5.01 Å². The van der Waals surface area contributed by atoms with E-state index in [1.165, 1.54) is 11.3 Å². The molecule has 1 atom stereocenters. The second kappa shape index (κ2) is 2.79. The maximum Gasteiger partial charge on any atom is 0.101 e. The third-order valence-electron chi connectivity index (χ3n) is 1.18. The van der Waals surface area contributed by atoms with Crippen molar-refractivity contribution in [3.63, 3.8) is 0 Å². The van der Waals surface area contributed by atoms with Crippen molar-refractivity contribution in [2.75, 3.05) is 0 Å². The van der Waals surface area contributed by atoms with Crippen LogP contribution in [0.15, 0.2) is 11.6 Å². The lowest BCUT2D eigenvalue weighted by Crippen LogP contribution is -2.27. The summed E-state index contributed by atoms with van der Waals surface area (Å²) in [6, 6.07) is 0. The number of aliphatic carboxylic acids is 1. The maximum atomic E-state index is 10.3. The molecule has 0 spiro atoms. The van der Waals surface area contributed by atoms with Crippen molar-refractivity contribution < 1.29 is 9.90 Å². The van der Waals surface area contributed by atoms with Gasteiger partial charge >= 0.3 is 0 Å². The molecule has 0 fully saturated rings. The Hall–Kier alpha value is -0.900. The van der Waals surface area contributed by atoms with E-state index in [1.54, 1.807) is 18.5 Å². The number of hydrogen-bond acceptors (Lipinski definition) is 4. The van der Waals surface area contributed by atoms with Crippen molar-refractivity contribution in [3.8, 4) is 0 Å². The lowest BCUT2D eigenvalue weighted by molar-refractivity contribution is -0.307. The minimum Gasteiger partial charge on any atom is -0.549 e. The smallest absolute Gasteiger partial charge is 0.101 e. The number of carboxylic acids is 1. The summed E-state index contributed by atoms with van der Waals surface area (Å²) in [6.07, 6.45) is 1.58. The van der Waals surface area contributed by atoms with Crippen molar-refractivity contribution >= 4 is 17.3 Å². The molecule has 10 heavy (non-hydrogen) atoms. The summed E-state index contributed by atoms with van der Waals surface area (Å²) in [6.45, 7) is 1.56. The molecule has 1 aromatic rings. The third-order valence-corrected chi connectivity index (χ3v) is 2.13. The van der Waals surface area contributed by atoms with E-state index in [1.807, 2.05) is 0 Å². The molecule has 3 nitrogen and oxygen atoms in total. The van der Waals surface area contributed by atoms with Gasteiger partial charge in [-0.05, 0) is 0 Å². The van der Waals surface area contributed by atoms with Crippen LogP contribution in [0.25, 0.3) is 0 Å². The Morgan fingerprint density at radius 3 is 3.00 bits per heavy atom. The largest absolute Gasteiger partial charge is 0.549 e. The molecule has 0 aliphatic carbocycles. The van der Waals surface area contributed by atoms with Crippen LogP contribution in [0, 0.1) is 0 Å². The number of nitrogens with zero attached hydrogens (tertiary/aromatic N) is 1. The number of hydrogen-bond donors (Lipinski definition) is 0. The molecule has 0 N–H and O–H groups in total. The monoisotopic (exact) mass is 156 g/mol. The zero-order valence-corrected chi connectivity index (χ0v) is 6.22. The molecule has 0 amide bonds. The fraction of sp³-hybridized carbons (Fsp3) is 0.333. The average molecular weight is 156 g/mol. The highest BCUT2D eigenvalue weighted by Gasteiger charge is 2.07. The second-order valence-corrected chi connectivity index (χ2v) is 2.84. The van der Waals surface area contributed by atoms with Crippen LogP contribution < -0.4 is 5.11 Å². The summed E-state index contributed by atoms with van der Waals surface area (Å²) in [5, 5.41) is 12.6. The van der Waals surface area contributed by atoms with Crippen LogP contribution in [-0.4, -0.2) is 11.0 Å². The molecule has 0 aliphatic rings. The Morgan fingerprint density at radius 2 is 2.60 bits per heavy atom. The molecule has 0 aromatic carbocycles. The standard InChI is InChI=1S/C6H7NO2S/c1-4(6(8)9)5-7-2-3-10-5/h2-4H,1H3,(H,8,9)/p-1. The number of carbonyl (C=O) groups is 1. The number of carboxylic acid groups (broad SMARTS) is 1. The summed E-state index contributed by atoms with van der Waals surface area (Å²) in [4.78, 5) is 14.1. The van der Waals surface area contributed by atoms with Crippen LogP contribution in [0.2, 0.25) is 0 Å². The Kier molecular flexibility index (Phi) is 2.01. The van der Waals surface area contributed by atoms with Gasteiger partial charge in [-0.2, -0.15) is 0 Å². The Bertz CT molecular complexity index is 220. The first-order valence-corrected chi connectivity index (χ1v) is 3.70. The van der Waals surface area contributed by atoms with Crippen LogP contribution in [0.5, 0.6) is 0 Å². The predicted octanol–water partition coefficient (Wildman–Crippen LogP) is -0.00350. The molecule has 1 heterocycles. The summed E-state index contributed by atoms with van der Waals surface area (Å²) in [7, 11) is 0. The molecule has 0 saturated carbocycles. The van der Waals surface area contributed by atoms with Gasteiger partial charge in [-0.3, -0.25) is 0 Å². The van der Waals surface area contributed by atoms with Crippen molar-refractivity contribution in [1.29, 1.82) is 0 Å². The quantitative estimate of drug-likeness (QED) is 0.605. The molecule has 0 saturated heterocycles. The van der Waals surface area contributed by atoms with Gasteiger partial charge in [0.2, 0.25) is 0 Å². The van der Waals surface area contributed by atoms with Crippen LogP contribution in [0.4, 0.5) is 0 Å². The van der Waals surface area contributed by atoms with E-state index in [4.69, 9.17) is 0 Å². The van der Waals surface area contributed by atoms with E-state index in [0.29, 0.717) is 5.01 Å². The van der Waals surface area contributed by atoms with E-state index in [9.17, 15) is 9.90 Å². The fourth-order valence-electron chi connectivity index (χ4n) is 0.549. The predicted molar refractivity (Wildman–Crippen MR) is 35.5 cm³/mol. The number of carbonyl (C=O) groups excluding carboxylic acids is 1. The molecular weight excluding hydrogens is 150 g/mol. The van der Waals surface area contributed by atoms with Gasteiger partial charge in [-0.15, -0.1) is 11.3 Å². The first kappa shape index (κ1) is 7.21. The average Bonchev–Trinajstić information content (AvgIpc) is 2.36. The summed E-state index contributed by atoms with van der Waals surface area (Å²) in [5.74, 6) is -1.66. The van der Waals surface area contributed by atoms with Gasteiger partial charge in [0.25, 0.3) is 0 Å². The van der Waals surface area contributed by atoms with Gasteiger partial charge in [0.15, 0.2) is 0 Å². The summed E-state index contributed by atoms with van der Waals surface area (Å²) >= 11 is 1.33. The van der Waals surface area contributed by atoms with Gasteiger partial charge < -0.3 is 9.90 Å². The van der Waals surface area contributed by atoms with E-state index in [0.717, 1.165) is 0 Å². The normalized spacial score (nSPS) is 12.9. The minimum absolute atomic E-state index is 0.583. The Morgan fingerprint density at radius 1 is 1.90 bits per heavy atom. The Balaban J connectivity index is 2.77. The number of aromatic nitrogens is 1. The summed E-state index contributed by atoms with van der Waals surface area (Å²) < 4.78 is 0. The lowest BCUT2D eigenvalue weighted by Gasteiger charge is -2.07. The zero-order valence-electron chi connectivity index (χ0n) is 5.40. The lowest BCUT2D eigenvalue weighted by atomic mass is 10.2. The molecule has 0 bridgehead atoms. The van der Waals surface area contributed by atoms with Crippen LogP contribution in [0.3, 0.4) is 0 Å². The van der Waals surface area contributed by atoms with Crippen LogP contribution in [0.1, 0.15) is 17.8 Å². The molecule has 54 valence electrons. The molecule has 0 radical (unpaired) electrons. The third kappa shape index (κ3) is 1.33. The van der Waals surface area contributed by atoms with E-state index >= 15 is 0 Å². The van der Waals surface area contributed by atoms with Gasteiger partial charge in [0, 0.05) is 17.5 Å². The molecule has 4 heteroatoms. The fourth-order valence-corrected chi connectivity index (χ4v) is 1.23.